The van der Waals surface area contributed by atoms with Crippen molar-refractivity contribution in [3.8, 4) is 5.75 Å². The fraction of sp³-hybridized carbons (Fsp3) is 0.667. The van der Waals surface area contributed by atoms with Crippen LogP contribution in [0.15, 0.2) is 18.3 Å². The molecule has 0 radical (unpaired) electrons. The van der Waals surface area contributed by atoms with Gasteiger partial charge in [-0.15, -0.1) is 0 Å². The molecule has 0 aliphatic heterocycles. The Morgan fingerprint density at radius 3 is 2.83 bits per heavy atom. The quantitative estimate of drug-likeness (QED) is 0.712. The Labute approximate surface area is 144 Å². The second-order valence-electron chi connectivity index (χ2n) is 6.51. The maximum atomic E-state index is 12.0. The van der Waals surface area contributed by atoms with Gasteiger partial charge in [0.2, 0.25) is 5.91 Å². The molecule has 1 aliphatic rings. The molecule has 1 heterocycles. The minimum Gasteiger partial charge on any atom is -0.497 e. The van der Waals surface area contributed by atoms with E-state index in [-0.39, 0.29) is 18.1 Å². The van der Waals surface area contributed by atoms with Crippen LogP contribution in [0.1, 0.15) is 44.9 Å². The molecule has 1 fully saturated rings. The van der Waals surface area contributed by atoms with E-state index < -0.39 is 0 Å². The number of anilines is 1. The SMILES string of the molecule is COc1ccnc(N(C)CCCCC(=O)NC2CCC(O)CC2)c1. The number of hydrogen-bond donors (Lipinski definition) is 2. The van der Waals surface area contributed by atoms with E-state index in [9.17, 15) is 9.90 Å². The zero-order chi connectivity index (χ0) is 17.4. The molecule has 6 heteroatoms. The molecule has 1 saturated carbocycles. The summed E-state index contributed by atoms with van der Waals surface area (Å²) < 4.78 is 5.21. The summed E-state index contributed by atoms with van der Waals surface area (Å²) in [6.07, 6.45) is 7.26. The summed E-state index contributed by atoms with van der Waals surface area (Å²) in [4.78, 5) is 18.4. The van der Waals surface area contributed by atoms with Crippen LogP contribution in [0.3, 0.4) is 0 Å². The van der Waals surface area contributed by atoms with Gasteiger partial charge in [-0.1, -0.05) is 0 Å². The highest BCUT2D eigenvalue weighted by atomic mass is 16.5. The van der Waals surface area contributed by atoms with Crippen molar-refractivity contribution in [2.24, 2.45) is 0 Å². The molecule has 0 aromatic carbocycles. The normalized spacial score (nSPS) is 20.5. The number of methoxy groups -OCH3 is 1. The molecule has 24 heavy (non-hydrogen) atoms. The first-order valence-corrected chi connectivity index (χ1v) is 8.77. The van der Waals surface area contributed by atoms with Gasteiger partial charge in [0.05, 0.1) is 13.2 Å². The van der Waals surface area contributed by atoms with Gasteiger partial charge in [-0.25, -0.2) is 4.98 Å². The molecule has 1 aliphatic carbocycles. The van der Waals surface area contributed by atoms with E-state index in [0.29, 0.717) is 6.42 Å². The van der Waals surface area contributed by atoms with E-state index in [1.54, 1.807) is 13.3 Å². The summed E-state index contributed by atoms with van der Waals surface area (Å²) in [6.45, 7) is 0.850. The van der Waals surface area contributed by atoms with Crippen LogP contribution in [0.25, 0.3) is 0 Å². The smallest absolute Gasteiger partial charge is 0.220 e. The minimum absolute atomic E-state index is 0.124. The van der Waals surface area contributed by atoms with Crippen molar-refractivity contribution in [1.82, 2.24) is 10.3 Å². The lowest BCUT2D eigenvalue weighted by Gasteiger charge is -2.26. The summed E-state index contributed by atoms with van der Waals surface area (Å²) in [7, 11) is 3.64. The minimum atomic E-state index is -0.182. The first-order valence-electron chi connectivity index (χ1n) is 8.77. The molecule has 1 aromatic heterocycles. The van der Waals surface area contributed by atoms with Gasteiger partial charge in [0.1, 0.15) is 11.6 Å². The Morgan fingerprint density at radius 2 is 2.12 bits per heavy atom. The number of aliphatic hydroxyl groups excluding tert-OH is 1. The molecular formula is C18H29N3O3. The Hall–Kier alpha value is -1.82. The number of rotatable bonds is 8. The topological polar surface area (TPSA) is 74.7 Å². The zero-order valence-corrected chi connectivity index (χ0v) is 14.7. The van der Waals surface area contributed by atoms with Crippen molar-refractivity contribution < 1.29 is 14.6 Å². The van der Waals surface area contributed by atoms with Crippen molar-refractivity contribution >= 4 is 11.7 Å². The van der Waals surface area contributed by atoms with Crippen LogP contribution in [0.4, 0.5) is 5.82 Å². The number of carbonyl (C=O) groups is 1. The number of amides is 1. The monoisotopic (exact) mass is 335 g/mol. The second-order valence-corrected chi connectivity index (χ2v) is 6.51. The molecular weight excluding hydrogens is 306 g/mol. The number of ether oxygens (including phenoxy) is 1. The van der Waals surface area contributed by atoms with Crippen LogP contribution < -0.4 is 15.0 Å². The van der Waals surface area contributed by atoms with Crippen LogP contribution >= 0.6 is 0 Å². The average Bonchev–Trinajstić information content (AvgIpc) is 2.60. The molecule has 0 spiro atoms. The number of unbranched alkanes of at least 4 members (excludes halogenated alkanes) is 1. The molecule has 6 nitrogen and oxygen atoms in total. The van der Waals surface area contributed by atoms with E-state index in [2.05, 4.69) is 15.2 Å². The maximum absolute atomic E-state index is 12.0. The number of nitrogens with one attached hydrogen (secondary N) is 1. The summed E-state index contributed by atoms with van der Waals surface area (Å²) in [5.74, 6) is 1.79. The molecule has 2 rings (SSSR count). The van der Waals surface area contributed by atoms with Gasteiger partial charge in [-0.05, 0) is 44.6 Å². The fourth-order valence-corrected chi connectivity index (χ4v) is 3.00. The third kappa shape index (κ3) is 6.00. The molecule has 134 valence electrons. The summed E-state index contributed by atoms with van der Waals surface area (Å²) >= 11 is 0. The van der Waals surface area contributed by atoms with E-state index in [1.807, 2.05) is 19.2 Å². The van der Waals surface area contributed by atoms with E-state index in [4.69, 9.17) is 4.74 Å². The van der Waals surface area contributed by atoms with E-state index in [1.165, 1.54) is 0 Å². The standard InChI is InChI=1S/C18H29N3O3/c1-21(17-13-16(24-2)10-11-19-17)12-4-3-5-18(23)20-14-6-8-15(22)9-7-14/h10-11,13-15,22H,3-9,12H2,1-2H3,(H,20,23). The maximum Gasteiger partial charge on any atom is 0.220 e. The van der Waals surface area contributed by atoms with E-state index in [0.717, 1.165) is 56.6 Å². The number of carbonyl (C=O) groups excluding carboxylic acids is 1. The number of nitrogens with zero attached hydrogens (tertiary/aromatic N) is 2. The molecule has 2 N–H and O–H groups in total. The Kier molecular flexibility index (Phi) is 7.31. The predicted molar refractivity (Wildman–Crippen MR) is 94.3 cm³/mol. The summed E-state index contributed by atoms with van der Waals surface area (Å²) in [5.41, 5.74) is 0. The first kappa shape index (κ1) is 18.5. The lowest BCUT2D eigenvalue weighted by Crippen LogP contribution is -2.38. The Morgan fingerprint density at radius 1 is 1.38 bits per heavy atom. The third-order valence-electron chi connectivity index (χ3n) is 4.55. The van der Waals surface area contributed by atoms with Crippen LogP contribution in [0.5, 0.6) is 5.75 Å². The lowest BCUT2D eigenvalue weighted by atomic mass is 9.93. The summed E-state index contributed by atoms with van der Waals surface area (Å²) in [6, 6.07) is 3.97. The largest absolute Gasteiger partial charge is 0.497 e. The van der Waals surface area contributed by atoms with Gasteiger partial charge in [-0.3, -0.25) is 4.79 Å². The fourth-order valence-electron chi connectivity index (χ4n) is 3.00. The Bertz CT molecular complexity index is 516. The Balaban J connectivity index is 1.62. The zero-order valence-electron chi connectivity index (χ0n) is 14.7. The molecule has 1 amide bonds. The van der Waals surface area contributed by atoms with Crippen LogP contribution in [-0.4, -0.2) is 48.8 Å². The predicted octanol–water partition coefficient (Wildman–Crippen LogP) is 2.12. The highest BCUT2D eigenvalue weighted by molar-refractivity contribution is 5.76. The van der Waals surface area contributed by atoms with Crippen LogP contribution in [-0.2, 0) is 4.79 Å². The molecule has 0 bridgehead atoms. The molecule has 0 atom stereocenters. The summed E-state index contributed by atoms with van der Waals surface area (Å²) in [5, 5.41) is 12.6. The van der Waals surface area contributed by atoms with Gasteiger partial charge in [-0.2, -0.15) is 0 Å². The van der Waals surface area contributed by atoms with Gasteiger partial charge in [0.15, 0.2) is 0 Å². The number of aromatic nitrogens is 1. The molecule has 0 saturated heterocycles. The second kappa shape index (κ2) is 9.47. The van der Waals surface area contributed by atoms with Crippen molar-refractivity contribution in [1.29, 1.82) is 0 Å². The third-order valence-corrected chi connectivity index (χ3v) is 4.55. The van der Waals surface area contributed by atoms with Crippen molar-refractivity contribution in [2.45, 2.75) is 57.1 Å². The van der Waals surface area contributed by atoms with E-state index >= 15 is 0 Å². The van der Waals surface area contributed by atoms with Crippen molar-refractivity contribution in [2.75, 3.05) is 25.6 Å². The van der Waals surface area contributed by atoms with Crippen LogP contribution in [0, 0.1) is 0 Å². The van der Waals surface area contributed by atoms with Crippen molar-refractivity contribution in [3.63, 3.8) is 0 Å². The van der Waals surface area contributed by atoms with Gasteiger partial charge >= 0.3 is 0 Å². The van der Waals surface area contributed by atoms with Crippen molar-refractivity contribution in [3.05, 3.63) is 18.3 Å². The highest BCUT2D eigenvalue weighted by Crippen LogP contribution is 2.19. The number of hydrogen-bond acceptors (Lipinski definition) is 5. The number of pyridine rings is 1. The first-order chi connectivity index (χ1) is 11.6. The van der Waals surface area contributed by atoms with Gasteiger partial charge < -0.3 is 20.1 Å². The van der Waals surface area contributed by atoms with Gasteiger partial charge in [0, 0.05) is 38.3 Å². The average molecular weight is 335 g/mol. The van der Waals surface area contributed by atoms with Gasteiger partial charge in [0.25, 0.3) is 0 Å². The molecule has 0 unspecified atom stereocenters. The number of aliphatic hydroxyl groups is 1. The van der Waals surface area contributed by atoms with Crippen LogP contribution in [0.2, 0.25) is 0 Å². The molecule has 1 aromatic rings. The lowest BCUT2D eigenvalue weighted by molar-refractivity contribution is -0.122. The highest BCUT2D eigenvalue weighted by Gasteiger charge is 2.20.